The number of rotatable bonds is 15. The number of hydrogen-bond acceptors (Lipinski definition) is 3. The zero-order valence-electron chi connectivity index (χ0n) is 14.1. The topological polar surface area (TPSA) is 37.3 Å². The van der Waals surface area contributed by atoms with E-state index < -0.39 is 0 Å². The first-order valence-corrected chi connectivity index (χ1v) is 9.45. The van der Waals surface area contributed by atoms with Crippen LogP contribution in [0.1, 0.15) is 97.3 Å². The minimum absolute atomic E-state index is 0.119. The van der Waals surface area contributed by atoms with Crippen LogP contribution in [0.15, 0.2) is 0 Å². The lowest BCUT2D eigenvalue weighted by Gasteiger charge is -2.18. The predicted molar refractivity (Wildman–Crippen MR) is 95.2 cm³/mol. The molecule has 0 aliphatic carbocycles. The van der Waals surface area contributed by atoms with Crippen molar-refractivity contribution in [2.45, 2.75) is 109 Å². The van der Waals surface area contributed by atoms with E-state index >= 15 is 0 Å². The Balaban J connectivity index is 3.40. The van der Waals surface area contributed by atoms with Crippen LogP contribution in [0, 0.1) is 0 Å². The SMILES string of the molecule is CCCCCCCCC(O)C(S)CCCCCCC(C)=O. The summed E-state index contributed by atoms with van der Waals surface area (Å²) in [5.41, 5.74) is 0. The third kappa shape index (κ3) is 14.7. The molecule has 0 saturated heterocycles. The van der Waals surface area contributed by atoms with Gasteiger partial charge in [-0.25, -0.2) is 0 Å². The summed E-state index contributed by atoms with van der Waals surface area (Å²) in [7, 11) is 0. The van der Waals surface area contributed by atoms with Gasteiger partial charge in [-0.05, 0) is 26.2 Å². The molecule has 0 heterocycles. The Hall–Kier alpha value is -0.0200. The molecule has 3 heteroatoms. The average molecular weight is 317 g/mol. The van der Waals surface area contributed by atoms with Gasteiger partial charge in [-0.1, -0.05) is 64.7 Å². The molecule has 21 heavy (non-hydrogen) atoms. The predicted octanol–water partition coefficient (Wildman–Crippen LogP) is 5.33. The van der Waals surface area contributed by atoms with Gasteiger partial charge in [0.2, 0.25) is 0 Å². The second kappa shape index (κ2) is 14.9. The van der Waals surface area contributed by atoms with Gasteiger partial charge >= 0.3 is 0 Å². The number of aliphatic hydroxyl groups excluding tert-OH is 1. The summed E-state index contributed by atoms with van der Waals surface area (Å²) in [5.74, 6) is 0.288. The summed E-state index contributed by atoms with van der Waals surface area (Å²) in [6, 6.07) is 0. The lowest BCUT2D eigenvalue weighted by atomic mass is 10.0. The van der Waals surface area contributed by atoms with Gasteiger partial charge in [0.15, 0.2) is 0 Å². The molecule has 1 N–H and O–H groups in total. The summed E-state index contributed by atoms with van der Waals surface area (Å²) < 4.78 is 0. The lowest BCUT2D eigenvalue weighted by Crippen LogP contribution is -2.20. The van der Waals surface area contributed by atoms with Crippen molar-refractivity contribution in [2.24, 2.45) is 0 Å². The quantitative estimate of drug-likeness (QED) is 0.317. The van der Waals surface area contributed by atoms with Crippen molar-refractivity contribution < 1.29 is 9.90 Å². The van der Waals surface area contributed by atoms with Gasteiger partial charge < -0.3 is 9.90 Å². The molecular weight excluding hydrogens is 280 g/mol. The van der Waals surface area contributed by atoms with E-state index in [0.29, 0.717) is 6.42 Å². The fourth-order valence-electron chi connectivity index (χ4n) is 2.60. The minimum atomic E-state index is -0.253. The molecule has 2 atom stereocenters. The number of carbonyl (C=O) groups is 1. The van der Waals surface area contributed by atoms with Crippen LogP contribution in [0.25, 0.3) is 0 Å². The molecule has 2 nitrogen and oxygen atoms in total. The highest BCUT2D eigenvalue weighted by Crippen LogP contribution is 2.18. The fraction of sp³-hybridized carbons (Fsp3) is 0.944. The van der Waals surface area contributed by atoms with Gasteiger partial charge in [-0.15, -0.1) is 0 Å². The molecule has 2 unspecified atom stereocenters. The molecule has 0 aliphatic heterocycles. The number of Topliss-reactive ketones (excluding diaryl/α,β-unsaturated/α-hetero) is 1. The second-order valence-corrected chi connectivity index (χ2v) is 7.01. The highest BCUT2D eigenvalue weighted by Gasteiger charge is 2.14. The Morgan fingerprint density at radius 1 is 0.905 bits per heavy atom. The normalized spacial score (nSPS) is 14.1. The molecule has 0 aliphatic rings. The van der Waals surface area contributed by atoms with E-state index in [1.165, 1.54) is 32.1 Å². The molecule has 0 fully saturated rings. The van der Waals surface area contributed by atoms with Crippen molar-refractivity contribution in [3.05, 3.63) is 0 Å². The number of thiol groups is 1. The first-order chi connectivity index (χ1) is 10.1. The molecule has 0 aromatic heterocycles. The number of carbonyl (C=O) groups excluding carboxylic acids is 1. The Morgan fingerprint density at radius 2 is 1.43 bits per heavy atom. The Morgan fingerprint density at radius 3 is 2.05 bits per heavy atom. The van der Waals surface area contributed by atoms with Crippen molar-refractivity contribution in [1.82, 2.24) is 0 Å². The summed E-state index contributed by atoms with van der Waals surface area (Å²) >= 11 is 4.54. The molecule has 0 spiro atoms. The maximum atomic E-state index is 10.8. The van der Waals surface area contributed by atoms with E-state index in [2.05, 4.69) is 19.6 Å². The van der Waals surface area contributed by atoms with Crippen molar-refractivity contribution in [3.8, 4) is 0 Å². The van der Waals surface area contributed by atoms with E-state index in [9.17, 15) is 9.90 Å². The van der Waals surface area contributed by atoms with Crippen LogP contribution >= 0.6 is 12.6 Å². The van der Waals surface area contributed by atoms with Gasteiger partial charge in [0.05, 0.1) is 6.10 Å². The lowest BCUT2D eigenvalue weighted by molar-refractivity contribution is -0.117. The van der Waals surface area contributed by atoms with E-state index in [4.69, 9.17) is 0 Å². The van der Waals surface area contributed by atoms with Gasteiger partial charge in [0.25, 0.3) is 0 Å². The van der Waals surface area contributed by atoms with E-state index in [0.717, 1.165) is 44.9 Å². The van der Waals surface area contributed by atoms with Crippen molar-refractivity contribution in [1.29, 1.82) is 0 Å². The second-order valence-electron chi connectivity index (χ2n) is 6.35. The fourth-order valence-corrected chi connectivity index (χ4v) is 2.93. The number of hydrogen-bond donors (Lipinski definition) is 2. The highest BCUT2D eigenvalue weighted by atomic mass is 32.1. The van der Waals surface area contributed by atoms with Crippen LogP contribution < -0.4 is 0 Å². The summed E-state index contributed by atoms with van der Waals surface area (Å²) in [6.07, 6.45) is 14.3. The van der Waals surface area contributed by atoms with Gasteiger partial charge in [0.1, 0.15) is 5.78 Å². The van der Waals surface area contributed by atoms with E-state index in [-0.39, 0.29) is 17.1 Å². The molecular formula is C18H36O2S. The van der Waals surface area contributed by atoms with Gasteiger partial charge in [-0.2, -0.15) is 12.6 Å². The first kappa shape index (κ1) is 21.0. The Labute approximate surface area is 137 Å². The van der Waals surface area contributed by atoms with Crippen molar-refractivity contribution in [3.63, 3.8) is 0 Å². The number of ketones is 1. The maximum Gasteiger partial charge on any atom is 0.129 e. The van der Waals surface area contributed by atoms with Crippen LogP contribution in [0.2, 0.25) is 0 Å². The standard InChI is InChI=1S/C18H36O2S/c1-3-4-5-6-7-11-14-17(20)18(21)15-12-9-8-10-13-16(2)19/h17-18,20-21H,3-15H2,1-2H3. The smallest absolute Gasteiger partial charge is 0.129 e. The molecule has 0 rings (SSSR count). The minimum Gasteiger partial charge on any atom is -0.392 e. The molecule has 0 saturated carbocycles. The van der Waals surface area contributed by atoms with Crippen LogP contribution in [0.4, 0.5) is 0 Å². The number of unbranched alkanes of at least 4 members (excludes halogenated alkanes) is 8. The first-order valence-electron chi connectivity index (χ1n) is 8.93. The molecule has 0 radical (unpaired) electrons. The Kier molecular flexibility index (Phi) is 14.9. The Bertz CT molecular complexity index is 243. The average Bonchev–Trinajstić information content (AvgIpc) is 2.45. The molecule has 0 bridgehead atoms. The third-order valence-electron chi connectivity index (χ3n) is 4.08. The molecule has 0 amide bonds. The number of aliphatic hydroxyl groups is 1. The largest absolute Gasteiger partial charge is 0.392 e. The summed E-state index contributed by atoms with van der Waals surface area (Å²) in [5, 5.41) is 10.2. The molecule has 126 valence electrons. The summed E-state index contributed by atoms with van der Waals surface area (Å²) in [6.45, 7) is 3.89. The van der Waals surface area contributed by atoms with Crippen molar-refractivity contribution >= 4 is 18.4 Å². The molecule has 0 aromatic carbocycles. The van der Waals surface area contributed by atoms with Crippen molar-refractivity contribution in [2.75, 3.05) is 0 Å². The zero-order valence-corrected chi connectivity index (χ0v) is 15.0. The van der Waals surface area contributed by atoms with Crippen LogP contribution in [0.5, 0.6) is 0 Å². The summed E-state index contributed by atoms with van der Waals surface area (Å²) in [4.78, 5) is 10.8. The monoisotopic (exact) mass is 316 g/mol. The van der Waals surface area contributed by atoms with E-state index in [1.54, 1.807) is 6.92 Å². The van der Waals surface area contributed by atoms with Crippen LogP contribution in [-0.2, 0) is 4.79 Å². The zero-order chi connectivity index (χ0) is 15.9. The van der Waals surface area contributed by atoms with Gasteiger partial charge in [-0.3, -0.25) is 0 Å². The van der Waals surface area contributed by atoms with Crippen LogP contribution in [-0.4, -0.2) is 22.2 Å². The van der Waals surface area contributed by atoms with Crippen LogP contribution in [0.3, 0.4) is 0 Å². The van der Waals surface area contributed by atoms with E-state index in [1.807, 2.05) is 0 Å². The maximum absolute atomic E-state index is 10.8. The van der Waals surface area contributed by atoms with Gasteiger partial charge in [0, 0.05) is 11.7 Å². The highest BCUT2D eigenvalue weighted by molar-refractivity contribution is 7.81. The molecule has 0 aromatic rings. The third-order valence-corrected chi connectivity index (χ3v) is 4.68.